The van der Waals surface area contributed by atoms with Gasteiger partial charge in [0, 0.05) is 68.3 Å². The highest BCUT2D eigenvalue weighted by atomic mass is 16.2. The van der Waals surface area contributed by atoms with Gasteiger partial charge in [0.2, 0.25) is 65.0 Å². The van der Waals surface area contributed by atoms with E-state index >= 15 is 9.59 Å². The number of carbonyl (C=O) groups is 11. The summed E-state index contributed by atoms with van der Waals surface area (Å²) in [5.74, 6) is -6.00. The molecule has 81 heavy (non-hydrogen) atoms. The summed E-state index contributed by atoms with van der Waals surface area (Å²) in [5, 5.41) is 8.66. The third-order valence-electron chi connectivity index (χ3n) is 18.5. The van der Waals surface area contributed by atoms with E-state index in [0.29, 0.717) is 64.2 Å². The second kappa shape index (κ2) is 29.9. The molecule has 2 aliphatic heterocycles. The van der Waals surface area contributed by atoms with Crippen molar-refractivity contribution >= 4 is 65.0 Å². The van der Waals surface area contributed by atoms with Crippen LogP contribution in [0.4, 0.5) is 0 Å². The van der Waals surface area contributed by atoms with E-state index in [4.69, 9.17) is 0 Å². The van der Waals surface area contributed by atoms with Crippen molar-refractivity contribution in [3.05, 3.63) is 0 Å². The van der Waals surface area contributed by atoms with Crippen LogP contribution in [0.25, 0.3) is 0 Å². The van der Waals surface area contributed by atoms with Crippen LogP contribution in [0.5, 0.6) is 0 Å². The number of fused-ring (bicyclic) bond motifs is 1. The summed E-state index contributed by atoms with van der Waals surface area (Å²) in [5.41, 5.74) is -1.34. The second-order valence-corrected chi connectivity index (χ2v) is 25.0. The SMILES string of the molecule is CC[C@H](C)C1NC(=O)C(CC(C)C)N(C)C(=O)CC(C)N(C)C(=O)C(C2CCCCC2)N(C)C(=O)C2(CCCC2)NC(=O)C2CCCN2C(=O)CNC(=O)CN(C)C(=O)C(CC2CCCCC2)N(C)C(=O)CN(C)C(=O)CN(C)C1=O. The second-order valence-electron chi connectivity index (χ2n) is 25.0. The van der Waals surface area contributed by atoms with Crippen LogP contribution in [0.3, 0.4) is 0 Å². The van der Waals surface area contributed by atoms with Crippen LogP contribution in [-0.4, -0.2) is 228 Å². The van der Waals surface area contributed by atoms with Gasteiger partial charge in [-0.2, -0.15) is 0 Å². The third kappa shape index (κ3) is 16.9. The standard InChI is InChI=1S/C59H99N11O11/c1-13-39(4)51-56(79)65(8)36-49(74)63(6)37-50(75)68(11)45(33-41-23-16-14-17-24-41)55(78)64(7)35-46(71)60-34-48(73)70-30-22-27-43(70)54(77)62-59(28-20-21-29-59)58(81)69(12)52(42-25-18-15-19-26-42)57(80)66(9)40(5)32-47(72)67(10)44(31-38(2)3)53(76)61-51/h38-45,51-52H,13-37H2,1-12H3,(H,60,71)(H,61,76)(H,62,77)/t39-,40?,43?,44?,45?,51?,52?/m0/s1. The van der Waals surface area contributed by atoms with Crippen LogP contribution in [0.15, 0.2) is 0 Å². The van der Waals surface area contributed by atoms with Crippen molar-refractivity contribution in [1.29, 1.82) is 0 Å². The maximum Gasteiger partial charge on any atom is 0.248 e. The van der Waals surface area contributed by atoms with Crippen LogP contribution in [-0.2, 0) is 52.7 Å². The highest BCUT2D eigenvalue weighted by molar-refractivity contribution is 5.99. The molecule has 3 N–H and O–H groups in total. The lowest BCUT2D eigenvalue weighted by molar-refractivity contribution is -0.153. The Morgan fingerprint density at radius 1 is 0.568 bits per heavy atom. The summed E-state index contributed by atoms with van der Waals surface area (Å²) < 4.78 is 0. The Kier molecular flexibility index (Phi) is 24.4. The lowest BCUT2D eigenvalue weighted by atomic mass is 9.81. The van der Waals surface area contributed by atoms with Crippen molar-refractivity contribution in [2.45, 2.75) is 205 Å². The molecular formula is C59H99N11O11. The molecule has 5 rings (SSSR count). The van der Waals surface area contributed by atoms with Crippen LogP contribution in [0, 0.1) is 23.7 Å². The number of carbonyl (C=O) groups excluding carboxylic acids is 11. The average Bonchev–Trinajstić information content (AvgIpc) is 4.29. The zero-order valence-electron chi connectivity index (χ0n) is 51.0. The molecule has 0 aromatic carbocycles. The lowest BCUT2D eigenvalue weighted by Gasteiger charge is -2.43. The summed E-state index contributed by atoms with van der Waals surface area (Å²) in [6, 6.07) is -5.58. The number of amides is 11. The van der Waals surface area contributed by atoms with E-state index in [-0.39, 0.29) is 43.0 Å². The van der Waals surface area contributed by atoms with E-state index in [1.54, 1.807) is 21.0 Å². The molecule has 5 aliphatic rings. The predicted octanol–water partition coefficient (Wildman–Crippen LogP) is 2.76. The molecular weight excluding hydrogens is 1040 g/mol. The molecule has 2 heterocycles. The number of rotatable bonds is 7. The van der Waals surface area contributed by atoms with E-state index in [9.17, 15) is 43.2 Å². The monoisotopic (exact) mass is 1140 g/mol. The quantitative estimate of drug-likeness (QED) is 0.335. The Bertz CT molecular complexity index is 2260. The van der Waals surface area contributed by atoms with E-state index < -0.39 is 133 Å². The van der Waals surface area contributed by atoms with Crippen molar-refractivity contribution in [2.75, 3.05) is 82.1 Å². The third-order valence-corrected chi connectivity index (χ3v) is 18.5. The minimum atomic E-state index is -1.34. The average molecular weight is 1140 g/mol. The van der Waals surface area contributed by atoms with Crippen molar-refractivity contribution in [3.63, 3.8) is 0 Å². The summed E-state index contributed by atoms with van der Waals surface area (Å²) >= 11 is 0. The minimum absolute atomic E-state index is 0.0567. The first kappa shape index (κ1) is 66.0. The van der Waals surface area contributed by atoms with E-state index in [1.807, 2.05) is 27.7 Å². The molecule has 2 saturated heterocycles. The molecule has 22 heteroatoms. The molecule has 0 radical (unpaired) electrons. The highest BCUT2D eigenvalue weighted by Crippen LogP contribution is 2.37. The number of nitrogens with one attached hydrogen (secondary N) is 3. The molecule has 3 saturated carbocycles. The summed E-state index contributed by atoms with van der Waals surface area (Å²) in [4.78, 5) is 168. The zero-order chi connectivity index (χ0) is 60.0. The number of likely N-dealkylation sites (N-methyl/N-ethyl adjacent to an activating group) is 7. The van der Waals surface area contributed by atoms with Crippen LogP contribution in [0.1, 0.15) is 163 Å². The Morgan fingerprint density at radius 2 is 1.15 bits per heavy atom. The summed E-state index contributed by atoms with van der Waals surface area (Å²) in [7, 11) is 10.6. The first-order valence-corrected chi connectivity index (χ1v) is 30.2. The maximum absolute atomic E-state index is 15.1. The molecule has 22 nitrogen and oxygen atoms in total. The first-order valence-electron chi connectivity index (χ1n) is 30.2. The Balaban J connectivity index is 1.48. The Morgan fingerprint density at radius 3 is 1.75 bits per heavy atom. The van der Waals surface area contributed by atoms with Gasteiger partial charge >= 0.3 is 0 Å². The van der Waals surface area contributed by atoms with Crippen LogP contribution in [0.2, 0.25) is 0 Å². The first-order chi connectivity index (χ1) is 38.2. The predicted molar refractivity (Wildman–Crippen MR) is 305 cm³/mol. The topological polar surface area (TPSA) is 250 Å². The molecule has 0 bridgehead atoms. The summed E-state index contributed by atoms with van der Waals surface area (Å²) in [6.45, 7) is 7.79. The Labute approximate surface area is 481 Å². The number of hydrogen-bond acceptors (Lipinski definition) is 11. The molecule has 7 atom stereocenters. The Hall–Kier alpha value is -5.83. The zero-order valence-corrected chi connectivity index (χ0v) is 51.0. The van der Waals surface area contributed by atoms with Gasteiger partial charge in [-0.15, -0.1) is 0 Å². The van der Waals surface area contributed by atoms with Crippen LogP contribution < -0.4 is 16.0 Å². The molecule has 3 aliphatic carbocycles. The number of nitrogens with zero attached hydrogens (tertiary/aromatic N) is 8. The van der Waals surface area contributed by atoms with Crippen molar-refractivity contribution in [3.8, 4) is 0 Å². The van der Waals surface area contributed by atoms with Gasteiger partial charge in [-0.1, -0.05) is 98.3 Å². The molecule has 1 spiro atoms. The van der Waals surface area contributed by atoms with Crippen molar-refractivity contribution in [2.24, 2.45) is 23.7 Å². The van der Waals surface area contributed by atoms with Gasteiger partial charge < -0.3 is 55.1 Å². The fraction of sp³-hybridized carbons (Fsp3) is 0.814. The van der Waals surface area contributed by atoms with E-state index in [0.717, 1.165) is 51.4 Å². The highest BCUT2D eigenvalue weighted by Gasteiger charge is 2.50. The normalized spacial score (nSPS) is 28.2. The van der Waals surface area contributed by atoms with Gasteiger partial charge in [0.1, 0.15) is 35.7 Å². The fourth-order valence-corrected chi connectivity index (χ4v) is 12.8. The molecule has 456 valence electrons. The van der Waals surface area contributed by atoms with Gasteiger partial charge in [-0.25, -0.2) is 0 Å². The smallest absolute Gasteiger partial charge is 0.248 e. The lowest BCUT2D eigenvalue weighted by Crippen LogP contribution is -2.64. The largest absolute Gasteiger partial charge is 0.345 e. The van der Waals surface area contributed by atoms with Gasteiger partial charge in [-0.05, 0) is 82.0 Å². The maximum atomic E-state index is 15.1. The molecule has 6 unspecified atom stereocenters. The van der Waals surface area contributed by atoms with Gasteiger partial charge in [0.15, 0.2) is 0 Å². The van der Waals surface area contributed by atoms with Gasteiger partial charge in [0.25, 0.3) is 0 Å². The molecule has 0 aromatic rings. The molecule has 5 fully saturated rings. The molecule has 0 aromatic heterocycles. The minimum Gasteiger partial charge on any atom is -0.345 e. The summed E-state index contributed by atoms with van der Waals surface area (Å²) in [6.07, 6.45) is 12.6. The van der Waals surface area contributed by atoms with Crippen molar-refractivity contribution < 1.29 is 52.7 Å². The van der Waals surface area contributed by atoms with E-state index in [2.05, 4.69) is 16.0 Å². The fourth-order valence-electron chi connectivity index (χ4n) is 12.8. The molecule has 11 amide bonds. The van der Waals surface area contributed by atoms with Gasteiger partial charge in [-0.3, -0.25) is 52.7 Å². The van der Waals surface area contributed by atoms with Gasteiger partial charge in [0.05, 0.1) is 26.2 Å². The van der Waals surface area contributed by atoms with E-state index in [1.165, 1.54) is 74.4 Å². The number of hydrogen-bond donors (Lipinski definition) is 3. The van der Waals surface area contributed by atoms with Crippen LogP contribution >= 0.6 is 0 Å². The van der Waals surface area contributed by atoms with Crippen molar-refractivity contribution in [1.82, 2.24) is 55.1 Å².